The summed E-state index contributed by atoms with van der Waals surface area (Å²) in [5, 5.41) is 4.65. The molecule has 0 aliphatic rings. The van der Waals surface area contributed by atoms with Gasteiger partial charge in [-0.3, -0.25) is 4.98 Å². The van der Waals surface area contributed by atoms with Crippen molar-refractivity contribution in [2.24, 2.45) is 7.05 Å². The number of hydrogen-bond acceptors (Lipinski definition) is 4. The summed E-state index contributed by atoms with van der Waals surface area (Å²) in [6.45, 7) is 8.12. The molecule has 1 aromatic carbocycles. The van der Waals surface area contributed by atoms with Crippen LogP contribution in [0.15, 0.2) is 24.4 Å². The lowest BCUT2D eigenvalue weighted by molar-refractivity contribution is 0.751. The van der Waals surface area contributed by atoms with Crippen molar-refractivity contribution < 1.29 is 0 Å². The number of imidazole rings is 1. The molecule has 0 aliphatic carbocycles. The highest BCUT2D eigenvalue weighted by Gasteiger charge is 2.14. The number of nitrogens with zero attached hydrogens (tertiary/aromatic N) is 6. The number of aromatic nitrogens is 6. The van der Waals surface area contributed by atoms with E-state index in [1.807, 2.05) is 31.5 Å². The molecule has 0 N–H and O–H groups in total. The third-order valence-corrected chi connectivity index (χ3v) is 5.02. The summed E-state index contributed by atoms with van der Waals surface area (Å²) < 4.78 is 4.08. The molecule has 4 aromatic rings. The first-order valence-electron chi connectivity index (χ1n) is 9.25. The summed E-state index contributed by atoms with van der Waals surface area (Å²) in [7, 11) is 2.09. The second-order valence-electron chi connectivity index (χ2n) is 7.00. The average molecular weight is 360 g/mol. The van der Waals surface area contributed by atoms with Crippen molar-refractivity contribution in [3.05, 3.63) is 58.6 Å². The summed E-state index contributed by atoms with van der Waals surface area (Å²) in [5.41, 5.74) is 7.37. The van der Waals surface area contributed by atoms with Gasteiger partial charge in [0.25, 0.3) is 0 Å². The van der Waals surface area contributed by atoms with E-state index in [1.54, 1.807) is 0 Å². The highest BCUT2D eigenvalue weighted by molar-refractivity contribution is 5.88. The first-order valence-corrected chi connectivity index (χ1v) is 9.25. The molecule has 0 aliphatic heterocycles. The summed E-state index contributed by atoms with van der Waals surface area (Å²) in [4.78, 5) is 14.0. The van der Waals surface area contributed by atoms with Crippen LogP contribution in [0.5, 0.6) is 0 Å². The smallest absolute Gasteiger partial charge is 0.177 e. The molecule has 0 bridgehead atoms. The van der Waals surface area contributed by atoms with Gasteiger partial charge in [-0.1, -0.05) is 24.3 Å². The van der Waals surface area contributed by atoms with E-state index in [4.69, 9.17) is 4.98 Å². The molecule has 0 unspecified atom stereocenters. The molecule has 0 saturated heterocycles. The van der Waals surface area contributed by atoms with Crippen molar-refractivity contribution in [3.8, 4) is 0 Å². The Hall–Kier alpha value is -3.02. The Labute approximate surface area is 158 Å². The fourth-order valence-corrected chi connectivity index (χ4v) is 3.57. The van der Waals surface area contributed by atoms with Gasteiger partial charge in [-0.2, -0.15) is 5.10 Å². The predicted octanol–water partition coefficient (Wildman–Crippen LogP) is 3.75. The zero-order valence-corrected chi connectivity index (χ0v) is 16.5. The second-order valence-corrected chi connectivity index (χ2v) is 7.00. The Bertz CT molecular complexity index is 1140. The lowest BCUT2D eigenvalue weighted by Crippen LogP contribution is -2.02. The Balaban J connectivity index is 1.69. The van der Waals surface area contributed by atoms with Crippen molar-refractivity contribution in [1.82, 2.24) is 29.1 Å². The number of rotatable bonds is 4. The lowest BCUT2D eigenvalue weighted by atomic mass is 10.1. The van der Waals surface area contributed by atoms with E-state index in [0.29, 0.717) is 0 Å². The molecule has 3 heterocycles. The molecule has 138 valence electrons. The maximum Gasteiger partial charge on any atom is 0.177 e. The fourth-order valence-electron chi connectivity index (χ4n) is 3.57. The monoisotopic (exact) mass is 360 g/mol. The first-order chi connectivity index (χ1) is 13.0. The van der Waals surface area contributed by atoms with Gasteiger partial charge in [0.05, 0.1) is 22.4 Å². The largest absolute Gasteiger partial charge is 0.331 e. The van der Waals surface area contributed by atoms with Crippen LogP contribution >= 0.6 is 0 Å². The van der Waals surface area contributed by atoms with Gasteiger partial charge in [-0.15, -0.1) is 0 Å². The van der Waals surface area contributed by atoms with E-state index in [-0.39, 0.29) is 0 Å². The number of fused-ring (bicyclic) bond motifs is 2. The summed E-state index contributed by atoms with van der Waals surface area (Å²) in [5.74, 6) is 1.88. The van der Waals surface area contributed by atoms with Crippen molar-refractivity contribution in [1.29, 1.82) is 0 Å². The SMILES string of the molecule is C/C=C\c1ccc(C)c2c1nc(CCc1nc3c(C)ncc(C)n3n1)n2C. The molecule has 6 nitrogen and oxygen atoms in total. The Morgan fingerprint density at radius 3 is 2.63 bits per heavy atom. The third-order valence-electron chi connectivity index (χ3n) is 5.02. The summed E-state index contributed by atoms with van der Waals surface area (Å²) in [6.07, 6.45) is 7.54. The minimum atomic E-state index is 0.746. The number of hydrogen-bond donors (Lipinski definition) is 0. The summed E-state index contributed by atoms with van der Waals surface area (Å²) in [6, 6.07) is 4.29. The Morgan fingerprint density at radius 1 is 1.07 bits per heavy atom. The molecular weight excluding hydrogens is 336 g/mol. The Kier molecular flexibility index (Phi) is 4.26. The molecule has 4 rings (SSSR count). The van der Waals surface area contributed by atoms with Crippen LogP contribution in [-0.2, 0) is 19.9 Å². The molecule has 0 radical (unpaired) electrons. The molecule has 27 heavy (non-hydrogen) atoms. The van der Waals surface area contributed by atoms with E-state index < -0.39 is 0 Å². The molecule has 0 fully saturated rings. The molecule has 6 heteroatoms. The summed E-state index contributed by atoms with van der Waals surface area (Å²) >= 11 is 0. The molecule has 0 spiro atoms. The van der Waals surface area contributed by atoms with Crippen LogP contribution in [-0.4, -0.2) is 29.1 Å². The maximum absolute atomic E-state index is 4.93. The van der Waals surface area contributed by atoms with Crippen molar-refractivity contribution in [2.75, 3.05) is 0 Å². The quantitative estimate of drug-likeness (QED) is 0.556. The minimum Gasteiger partial charge on any atom is -0.331 e. The maximum atomic E-state index is 4.93. The van der Waals surface area contributed by atoms with E-state index in [2.05, 4.69) is 57.9 Å². The van der Waals surface area contributed by atoms with Gasteiger partial charge in [0.1, 0.15) is 5.82 Å². The van der Waals surface area contributed by atoms with Gasteiger partial charge in [0.2, 0.25) is 0 Å². The van der Waals surface area contributed by atoms with Crippen LogP contribution in [0.1, 0.15) is 41.1 Å². The molecule has 0 amide bonds. The fraction of sp³-hybridized carbons (Fsp3) is 0.333. The molecule has 3 aromatic heterocycles. The Morgan fingerprint density at radius 2 is 1.89 bits per heavy atom. The van der Waals surface area contributed by atoms with Gasteiger partial charge in [-0.25, -0.2) is 14.5 Å². The average Bonchev–Trinajstić information content (AvgIpc) is 3.22. The first kappa shape index (κ1) is 17.4. The highest BCUT2D eigenvalue weighted by atomic mass is 15.3. The molecule has 0 saturated carbocycles. The number of benzene rings is 1. The third kappa shape index (κ3) is 2.91. The second kappa shape index (κ2) is 6.61. The number of allylic oxidation sites excluding steroid dienone is 1. The predicted molar refractivity (Wildman–Crippen MR) is 108 cm³/mol. The zero-order chi connectivity index (χ0) is 19.1. The van der Waals surface area contributed by atoms with Crippen molar-refractivity contribution >= 4 is 22.8 Å². The normalized spacial score (nSPS) is 12.0. The van der Waals surface area contributed by atoms with Gasteiger partial charge >= 0.3 is 0 Å². The molecular formula is C21H24N6. The lowest BCUT2D eigenvalue weighted by Gasteiger charge is -2.04. The van der Waals surface area contributed by atoms with Crippen LogP contribution in [0.4, 0.5) is 0 Å². The van der Waals surface area contributed by atoms with Gasteiger partial charge in [0.15, 0.2) is 11.5 Å². The van der Waals surface area contributed by atoms with E-state index in [0.717, 1.165) is 52.6 Å². The topological polar surface area (TPSA) is 60.9 Å². The van der Waals surface area contributed by atoms with Crippen LogP contribution < -0.4 is 0 Å². The minimum absolute atomic E-state index is 0.746. The van der Waals surface area contributed by atoms with Crippen LogP contribution in [0.2, 0.25) is 0 Å². The van der Waals surface area contributed by atoms with Crippen molar-refractivity contribution in [2.45, 2.75) is 40.5 Å². The van der Waals surface area contributed by atoms with Gasteiger partial charge in [0, 0.05) is 31.6 Å². The van der Waals surface area contributed by atoms with Gasteiger partial charge < -0.3 is 4.57 Å². The molecule has 0 atom stereocenters. The van der Waals surface area contributed by atoms with Crippen LogP contribution in [0, 0.1) is 20.8 Å². The standard InChI is InChI=1S/C21H24N6/c1-6-7-16-9-8-13(2)20-19(16)24-18(26(20)5)11-10-17-23-21-15(4)22-12-14(3)27(21)25-17/h6-9,12H,10-11H2,1-5H3/b7-6-. The van der Waals surface area contributed by atoms with Crippen LogP contribution in [0.25, 0.3) is 22.8 Å². The number of aryl methyl sites for hydroxylation is 6. The van der Waals surface area contributed by atoms with E-state index >= 15 is 0 Å². The zero-order valence-electron chi connectivity index (χ0n) is 16.5. The van der Waals surface area contributed by atoms with E-state index in [1.165, 1.54) is 11.1 Å². The van der Waals surface area contributed by atoms with Crippen molar-refractivity contribution in [3.63, 3.8) is 0 Å². The van der Waals surface area contributed by atoms with Crippen LogP contribution in [0.3, 0.4) is 0 Å². The van der Waals surface area contributed by atoms with E-state index in [9.17, 15) is 0 Å². The highest BCUT2D eigenvalue weighted by Crippen LogP contribution is 2.24. The van der Waals surface area contributed by atoms with Gasteiger partial charge in [-0.05, 0) is 33.3 Å².